The van der Waals surface area contributed by atoms with Gasteiger partial charge in [-0.25, -0.2) is 0 Å². The van der Waals surface area contributed by atoms with E-state index in [1.54, 1.807) is 0 Å². The van der Waals surface area contributed by atoms with Crippen molar-refractivity contribution < 1.29 is 24.6 Å². The highest BCUT2D eigenvalue weighted by Crippen LogP contribution is 2.36. The van der Waals surface area contributed by atoms with E-state index in [-0.39, 0.29) is 12.8 Å². The fraction of sp³-hybridized carbons (Fsp3) is 0.727. The molecule has 1 atom stereocenters. The Morgan fingerprint density at radius 3 is 2.06 bits per heavy atom. The summed E-state index contributed by atoms with van der Waals surface area (Å²) in [5.41, 5.74) is -1.44. The molecule has 6 heteroatoms. The third kappa shape index (κ3) is 2.75. The monoisotopic (exact) mass is 243 g/mol. The first-order valence-electron chi connectivity index (χ1n) is 5.67. The second-order valence-corrected chi connectivity index (χ2v) is 4.48. The van der Waals surface area contributed by atoms with Crippen LogP contribution in [0.2, 0.25) is 0 Å². The van der Waals surface area contributed by atoms with Gasteiger partial charge in [0.05, 0.1) is 0 Å². The van der Waals surface area contributed by atoms with E-state index in [0.717, 1.165) is 6.42 Å². The first-order chi connectivity index (χ1) is 7.90. The predicted molar refractivity (Wildman–Crippen MR) is 58.4 cm³/mol. The Morgan fingerprint density at radius 1 is 1.12 bits per heavy atom. The van der Waals surface area contributed by atoms with Gasteiger partial charge in [-0.05, 0) is 19.8 Å². The molecule has 17 heavy (non-hydrogen) atoms. The molecule has 0 aromatic heterocycles. The van der Waals surface area contributed by atoms with Gasteiger partial charge in [0.15, 0.2) is 0 Å². The maximum Gasteiger partial charge on any atom is 0.325 e. The van der Waals surface area contributed by atoms with Gasteiger partial charge < -0.3 is 15.5 Å². The molecular weight excluding hydrogens is 226 g/mol. The first kappa shape index (κ1) is 13.5. The number of rotatable bonds is 4. The first-order valence-corrected chi connectivity index (χ1v) is 5.67. The minimum absolute atomic E-state index is 0.278. The van der Waals surface area contributed by atoms with Gasteiger partial charge in [0.1, 0.15) is 11.5 Å². The largest absolute Gasteiger partial charge is 0.480 e. The van der Waals surface area contributed by atoms with Crippen LogP contribution in [0, 0.1) is 5.41 Å². The van der Waals surface area contributed by atoms with Gasteiger partial charge in [0.25, 0.3) is 0 Å². The molecule has 0 bridgehead atoms. The van der Waals surface area contributed by atoms with Gasteiger partial charge in [-0.3, -0.25) is 14.4 Å². The summed E-state index contributed by atoms with van der Waals surface area (Å²) in [5, 5.41) is 20.1. The topological polar surface area (TPSA) is 104 Å². The highest BCUT2D eigenvalue weighted by Gasteiger charge is 2.47. The molecule has 3 N–H and O–H groups in total. The lowest BCUT2D eigenvalue weighted by atomic mass is 9.73. The van der Waals surface area contributed by atoms with E-state index in [1.807, 2.05) is 0 Å². The molecule has 1 aliphatic carbocycles. The van der Waals surface area contributed by atoms with Gasteiger partial charge in [0.2, 0.25) is 5.91 Å². The Balaban J connectivity index is 2.80. The average Bonchev–Trinajstić information content (AvgIpc) is 2.29. The van der Waals surface area contributed by atoms with Crippen LogP contribution in [0.1, 0.15) is 39.0 Å². The van der Waals surface area contributed by atoms with Crippen molar-refractivity contribution in [2.24, 2.45) is 5.41 Å². The third-order valence-electron chi connectivity index (χ3n) is 3.27. The molecule has 0 saturated heterocycles. The zero-order valence-corrected chi connectivity index (χ0v) is 9.73. The Labute approximate surface area is 99.0 Å². The lowest BCUT2D eigenvalue weighted by molar-refractivity contribution is -0.160. The second kappa shape index (κ2) is 5.16. The molecule has 1 amide bonds. The van der Waals surface area contributed by atoms with E-state index < -0.39 is 29.3 Å². The maximum atomic E-state index is 11.9. The van der Waals surface area contributed by atoms with Crippen LogP contribution < -0.4 is 5.32 Å². The fourth-order valence-electron chi connectivity index (χ4n) is 2.09. The van der Waals surface area contributed by atoms with Crippen LogP contribution in [0.25, 0.3) is 0 Å². The molecule has 0 spiro atoms. The molecule has 0 radical (unpaired) electrons. The predicted octanol–water partition coefficient (Wildman–Crippen LogP) is 0.611. The number of carbonyl (C=O) groups excluding carboxylic acids is 1. The minimum atomic E-state index is -1.44. The number of hydrogen-bond acceptors (Lipinski definition) is 3. The zero-order valence-electron chi connectivity index (χ0n) is 9.73. The quantitative estimate of drug-likeness (QED) is 0.627. The average molecular weight is 243 g/mol. The second-order valence-electron chi connectivity index (χ2n) is 4.48. The van der Waals surface area contributed by atoms with Crippen molar-refractivity contribution in [2.45, 2.75) is 45.1 Å². The van der Waals surface area contributed by atoms with E-state index in [4.69, 9.17) is 5.11 Å². The van der Waals surface area contributed by atoms with Crippen molar-refractivity contribution in [1.82, 2.24) is 5.32 Å². The van der Waals surface area contributed by atoms with Crippen molar-refractivity contribution >= 4 is 17.8 Å². The summed E-state index contributed by atoms with van der Waals surface area (Å²) in [6, 6.07) is -1.07. The van der Waals surface area contributed by atoms with E-state index >= 15 is 0 Å². The third-order valence-corrected chi connectivity index (χ3v) is 3.27. The van der Waals surface area contributed by atoms with Gasteiger partial charge in [-0.15, -0.1) is 0 Å². The fourth-order valence-corrected chi connectivity index (χ4v) is 2.09. The van der Waals surface area contributed by atoms with Crippen molar-refractivity contribution in [2.75, 3.05) is 0 Å². The molecule has 0 aliphatic heterocycles. The Morgan fingerprint density at radius 2 is 1.65 bits per heavy atom. The van der Waals surface area contributed by atoms with E-state index in [2.05, 4.69) is 5.32 Å². The molecule has 6 nitrogen and oxygen atoms in total. The summed E-state index contributed by atoms with van der Waals surface area (Å²) in [6.07, 6.45) is 2.83. The van der Waals surface area contributed by atoms with Crippen LogP contribution in [0.3, 0.4) is 0 Å². The standard InChI is InChI=1S/C11H17NO5/c1-7(8(13)14)12-9(15)11(10(16)17)5-3-2-4-6-11/h7H,2-6H2,1H3,(H,12,15)(H,13,14)(H,16,17)/t7-/m0/s1. The summed E-state index contributed by atoms with van der Waals surface area (Å²) >= 11 is 0. The molecule has 0 aromatic rings. The van der Waals surface area contributed by atoms with Crippen LogP contribution in [0.15, 0.2) is 0 Å². The summed E-state index contributed by atoms with van der Waals surface area (Å²) in [6.45, 7) is 1.32. The number of carbonyl (C=O) groups is 3. The van der Waals surface area contributed by atoms with Gasteiger partial charge in [-0.1, -0.05) is 19.3 Å². The molecular formula is C11H17NO5. The summed E-state index contributed by atoms with van der Waals surface area (Å²) < 4.78 is 0. The number of aliphatic carboxylic acids is 2. The molecule has 1 rings (SSSR count). The number of nitrogens with one attached hydrogen (secondary N) is 1. The van der Waals surface area contributed by atoms with Crippen LogP contribution in [0.4, 0.5) is 0 Å². The molecule has 0 heterocycles. The highest BCUT2D eigenvalue weighted by atomic mass is 16.4. The van der Waals surface area contributed by atoms with Crippen molar-refractivity contribution in [3.8, 4) is 0 Å². The highest BCUT2D eigenvalue weighted by molar-refractivity contribution is 6.03. The maximum absolute atomic E-state index is 11.9. The smallest absolute Gasteiger partial charge is 0.325 e. The molecule has 1 saturated carbocycles. The number of amides is 1. The molecule has 0 unspecified atom stereocenters. The van der Waals surface area contributed by atoms with Crippen molar-refractivity contribution in [3.05, 3.63) is 0 Å². The lowest BCUT2D eigenvalue weighted by Crippen LogP contribution is -2.51. The number of hydrogen-bond donors (Lipinski definition) is 3. The Bertz CT molecular complexity index is 333. The van der Waals surface area contributed by atoms with E-state index in [9.17, 15) is 19.5 Å². The van der Waals surface area contributed by atoms with Crippen LogP contribution in [-0.4, -0.2) is 34.1 Å². The van der Waals surface area contributed by atoms with Crippen molar-refractivity contribution in [1.29, 1.82) is 0 Å². The molecule has 1 fully saturated rings. The van der Waals surface area contributed by atoms with E-state index in [0.29, 0.717) is 12.8 Å². The van der Waals surface area contributed by atoms with Crippen LogP contribution >= 0.6 is 0 Å². The zero-order chi connectivity index (χ0) is 13.1. The van der Waals surface area contributed by atoms with Gasteiger partial charge in [-0.2, -0.15) is 0 Å². The number of carboxylic acids is 2. The normalized spacial score (nSPS) is 20.3. The number of carboxylic acid groups (broad SMARTS) is 2. The summed E-state index contributed by atoms with van der Waals surface area (Å²) in [4.78, 5) is 33.8. The SMILES string of the molecule is C[C@H](NC(=O)C1(C(=O)O)CCCCC1)C(=O)O. The van der Waals surface area contributed by atoms with Crippen LogP contribution in [-0.2, 0) is 14.4 Å². The lowest BCUT2D eigenvalue weighted by Gasteiger charge is -2.32. The van der Waals surface area contributed by atoms with E-state index in [1.165, 1.54) is 6.92 Å². The molecule has 96 valence electrons. The molecule has 1 aliphatic rings. The van der Waals surface area contributed by atoms with Gasteiger partial charge >= 0.3 is 11.9 Å². The van der Waals surface area contributed by atoms with Crippen LogP contribution in [0.5, 0.6) is 0 Å². The molecule has 0 aromatic carbocycles. The Kier molecular flexibility index (Phi) is 4.09. The van der Waals surface area contributed by atoms with Crippen molar-refractivity contribution in [3.63, 3.8) is 0 Å². The Hall–Kier alpha value is -1.59. The summed E-state index contributed by atoms with van der Waals surface area (Å²) in [7, 11) is 0. The van der Waals surface area contributed by atoms with Gasteiger partial charge in [0, 0.05) is 0 Å². The minimum Gasteiger partial charge on any atom is -0.480 e. The summed E-state index contributed by atoms with van der Waals surface area (Å²) in [5.74, 6) is -3.01.